The van der Waals surface area contributed by atoms with Crippen LogP contribution in [0.4, 0.5) is 5.69 Å². The van der Waals surface area contributed by atoms with E-state index < -0.39 is 0 Å². The lowest BCUT2D eigenvalue weighted by atomic mass is 10.2. The molecule has 1 saturated heterocycles. The van der Waals surface area contributed by atoms with Crippen LogP contribution in [0.15, 0.2) is 47.5 Å². The van der Waals surface area contributed by atoms with Crippen molar-refractivity contribution in [2.24, 2.45) is 4.99 Å². The Morgan fingerprint density at radius 3 is 2.39 bits per heavy atom. The van der Waals surface area contributed by atoms with E-state index in [1.807, 2.05) is 11.0 Å². The average molecular weight is 400 g/mol. The molecule has 28 heavy (non-hydrogen) atoms. The van der Waals surface area contributed by atoms with Crippen LogP contribution in [0.25, 0.3) is 0 Å². The highest BCUT2D eigenvalue weighted by molar-refractivity contribution is 7.11. The lowest BCUT2D eigenvalue weighted by Gasteiger charge is -2.36. The van der Waals surface area contributed by atoms with Gasteiger partial charge in [-0.25, -0.2) is 0 Å². The first-order valence-electron chi connectivity index (χ1n) is 9.79. The molecule has 2 aromatic rings. The molecular weight excluding hydrogens is 370 g/mol. The number of nitrogens with one attached hydrogen (secondary N) is 2. The molecule has 2 heterocycles. The molecule has 1 aliphatic heterocycles. The summed E-state index contributed by atoms with van der Waals surface area (Å²) in [6, 6.07) is 14.7. The van der Waals surface area contributed by atoms with Crippen LogP contribution >= 0.6 is 11.3 Å². The Hall–Kier alpha value is -2.54. The summed E-state index contributed by atoms with van der Waals surface area (Å²) in [6.45, 7) is 6.35. The normalized spacial score (nSPS) is 14.9. The number of piperazine rings is 1. The molecule has 0 spiro atoms. The number of aryl methyl sites for hydroxylation is 1. The van der Waals surface area contributed by atoms with E-state index in [1.54, 1.807) is 18.4 Å². The zero-order chi connectivity index (χ0) is 19.8. The first-order chi connectivity index (χ1) is 13.7. The fourth-order valence-electron chi connectivity index (χ4n) is 3.22. The number of hydrogen-bond donors (Lipinski definition) is 2. The topological polar surface area (TPSA) is 60.0 Å². The van der Waals surface area contributed by atoms with Crippen molar-refractivity contribution in [1.29, 1.82) is 0 Å². The number of guanidine groups is 1. The van der Waals surface area contributed by atoms with E-state index in [0.29, 0.717) is 12.5 Å². The van der Waals surface area contributed by atoms with Crippen LogP contribution in [0.1, 0.15) is 16.7 Å². The van der Waals surface area contributed by atoms with Crippen molar-refractivity contribution in [3.63, 3.8) is 0 Å². The fraction of sp³-hybridized carbons (Fsp3) is 0.429. The maximum absolute atomic E-state index is 12.5. The standard InChI is InChI=1S/C21H29N5OS/c1-3-18-9-10-19(28-18)15-23-21(22-2)24-16-20(27)26-13-11-25(12-14-26)17-7-5-4-6-8-17/h4-10H,3,11-16H2,1-2H3,(H2,22,23,24). The number of rotatable bonds is 6. The van der Waals surface area contributed by atoms with Gasteiger partial charge < -0.3 is 20.4 Å². The highest BCUT2D eigenvalue weighted by Gasteiger charge is 2.21. The highest BCUT2D eigenvalue weighted by atomic mass is 32.1. The second kappa shape index (κ2) is 10.1. The maximum Gasteiger partial charge on any atom is 0.242 e. The van der Waals surface area contributed by atoms with Gasteiger partial charge in [0.05, 0.1) is 13.1 Å². The summed E-state index contributed by atoms with van der Waals surface area (Å²) in [5.74, 6) is 0.766. The van der Waals surface area contributed by atoms with Crippen LogP contribution in [0, 0.1) is 0 Å². The molecule has 150 valence electrons. The van der Waals surface area contributed by atoms with Gasteiger partial charge in [0.1, 0.15) is 0 Å². The lowest BCUT2D eigenvalue weighted by molar-refractivity contribution is -0.130. The molecule has 0 atom stereocenters. The van der Waals surface area contributed by atoms with Gasteiger partial charge in [-0.1, -0.05) is 25.1 Å². The van der Waals surface area contributed by atoms with Gasteiger partial charge in [-0.3, -0.25) is 9.79 Å². The third-order valence-electron chi connectivity index (χ3n) is 4.88. The SMILES string of the molecule is CCc1ccc(CNC(=NC)NCC(=O)N2CCN(c3ccccc3)CC2)s1. The van der Waals surface area contributed by atoms with Crippen molar-refractivity contribution in [2.45, 2.75) is 19.9 Å². The Labute approximate surface area is 171 Å². The Bertz CT molecular complexity index is 781. The lowest BCUT2D eigenvalue weighted by Crippen LogP contribution is -2.52. The highest BCUT2D eigenvalue weighted by Crippen LogP contribution is 2.17. The number of carbonyl (C=O) groups is 1. The summed E-state index contributed by atoms with van der Waals surface area (Å²) < 4.78 is 0. The van der Waals surface area contributed by atoms with Crippen molar-refractivity contribution in [3.8, 4) is 0 Å². The van der Waals surface area contributed by atoms with E-state index in [2.05, 4.69) is 63.8 Å². The molecule has 1 aliphatic rings. The largest absolute Gasteiger partial charge is 0.368 e. The van der Waals surface area contributed by atoms with Crippen LogP contribution in [-0.4, -0.2) is 56.5 Å². The van der Waals surface area contributed by atoms with Gasteiger partial charge in [-0.2, -0.15) is 0 Å². The summed E-state index contributed by atoms with van der Waals surface area (Å²) in [4.78, 5) is 23.7. The number of thiophene rings is 1. The van der Waals surface area contributed by atoms with Gasteiger partial charge >= 0.3 is 0 Å². The van der Waals surface area contributed by atoms with Gasteiger partial charge in [0, 0.05) is 48.7 Å². The predicted molar refractivity (Wildman–Crippen MR) is 117 cm³/mol. The number of nitrogens with zero attached hydrogens (tertiary/aromatic N) is 3. The molecule has 1 aromatic heterocycles. The Balaban J connectivity index is 1.40. The van der Waals surface area contributed by atoms with E-state index in [0.717, 1.165) is 32.6 Å². The van der Waals surface area contributed by atoms with E-state index >= 15 is 0 Å². The third-order valence-corrected chi connectivity index (χ3v) is 6.11. The number of amides is 1. The molecule has 1 fully saturated rings. The quantitative estimate of drug-likeness (QED) is 0.578. The van der Waals surface area contributed by atoms with Gasteiger partial charge in [0.25, 0.3) is 0 Å². The first-order valence-corrected chi connectivity index (χ1v) is 10.6. The van der Waals surface area contributed by atoms with Crippen molar-refractivity contribution in [1.82, 2.24) is 15.5 Å². The molecule has 0 saturated carbocycles. The summed E-state index contributed by atoms with van der Waals surface area (Å²) in [6.07, 6.45) is 1.06. The van der Waals surface area contributed by atoms with Crippen molar-refractivity contribution >= 4 is 28.9 Å². The number of benzene rings is 1. The number of hydrogen-bond acceptors (Lipinski definition) is 4. The van der Waals surface area contributed by atoms with Crippen LogP contribution < -0.4 is 15.5 Å². The Kier molecular flexibility index (Phi) is 7.31. The molecule has 7 heteroatoms. The minimum absolute atomic E-state index is 0.111. The van der Waals surface area contributed by atoms with E-state index in [4.69, 9.17) is 0 Å². The smallest absolute Gasteiger partial charge is 0.242 e. The van der Waals surface area contributed by atoms with Gasteiger partial charge in [0.15, 0.2) is 5.96 Å². The summed E-state index contributed by atoms with van der Waals surface area (Å²) in [7, 11) is 1.73. The zero-order valence-electron chi connectivity index (χ0n) is 16.6. The first kappa shape index (κ1) is 20.2. The van der Waals surface area contributed by atoms with Crippen LogP contribution in [0.5, 0.6) is 0 Å². The average Bonchev–Trinajstić information content (AvgIpc) is 3.22. The van der Waals surface area contributed by atoms with E-state index in [9.17, 15) is 4.79 Å². The molecule has 6 nitrogen and oxygen atoms in total. The van der Waals surface area contributed by atoms with Crippen molar-refractivity contribution in [2.75, 3.05) is 44.7 Å². The number of aliphatic imine (C=N–C) groups is 1. The van der Waals surface area contributed by atoms with E-state index in [1.165, 1.54) is 15.4 Å². The molecule has 0 bridgehead atoms. The molecule has 0 unspecified atom stereocenters. The minimum Gasteiger partial charge on any atom is -0.368 e. The van der Waals surface area contributed by atoms with Gasteiger partial charge in [-0.15, -0.1) is 11.3 Å². The van der Waals surface area contributed by atoms with Crippen molar-refractivity contribution in [3.05, 3.63) is 52.2 Å². The van der Waals surface area contributed by atoms with Crippen LogP contribution in [0.3, 0.4) is 0 Å². The molecule has 1 amide bonds. The minimum atomic E-state index is 0.111. The summed E-state index contributed by atoms with van der Waals surface area (Å²) in [5, 5.41) is 6.42. The third kappa shape index (κ3) is 5.48. The van der Waals surface area contributed by atoms with Crippen molar-refractivity contribution < 1.29 is 4.79 Å². The Morgan fingerprint density at radius 1 is 1.04 bits per heavy atom. The second-order valence-electron chi connectivity index (χ2n) is 6.70. The number of carbonyl (C=O) groups excluding carboxylic acids is 1. The summed E-state index contributed by atoms with van der Waals surface area (Å²) in [5.41, 5.74) is 1.22. The monoisotopic (exact) mass is 399 g/mol. The van der Waals surface area contributed by atoms with Crippen LogP contribution in [0.2, 0.25) is 0 Å². The summed E-state index contributed by atoms with van der Waals surface area (Å²) >= 11 is 1.81. The molecule has 2 N–H and O–H groups in total. The van der Waals surface area contributed by atoms with Gasteiger partial charge in [0.2, 0.25) is 5.91 Å². The molecular formula is C21H29N5OS. The van der Waals surface area contributed by atoms with Crippen LogP contribution in [-0.2, 0) is 17.8 Å². The molecule has 0 aliphatic carbocycles. The maximum atomic E-state index is 12.5. The predicted octanol–water partition coefficient (Wildman–Crippen LogP) is 2.32. The fourth-order valence-corrected chi connectivity index (χ4v) is 4.12. The Morgan fingerprint density at radius 2 is 1.75 bits per heavy atom. The molecule has 1 aromatic carbocycles. The molecule has 3 rings (SSSR count). The number of anilines is 1. The zero-order valence-corrected chi connectivity index (χ0v) is 17.5. The van der Waals surface area contributed by atoms with Gasteiger partial charge in [-0.05, 0) is 30.7 Å². The van der Waals surface area contributed by atoms with E-state index in [-0.39, 0.29) is 12.5 Å². The molecule has 0 radical (unpaired) electrons. The number of para-hydroxylation sites is 1. The second-order valence-corrected chi connectivity index (χ2v) is 7.96.